The Kier molecular flexibility index (Phi) is 4.19. The van der Waals surface area contributed by atoms with Crippen LogP contribution in [0.1, 0.15) is 19.7 Å². The van der Waals surface area contributed by atoms with Gasteiger partial charge in [0.1, 0.15) is 11.6 Å². The number of hydrogen-bond acceptors (Lipinski definition) is 4. The van der Waals surface area contributed by atoms with Crippen LogP contribution in [-0.2, 0) is 10.0 Å². The molecule has 126 valence electrons. The van der Waals surface area contributed by atoms with E-state index in [1.807, 2.05) is 20.8 Å². The van der Waals surface area contributed by atoms with E-state index in [0.717, 1.165) is 16.9 Å². The summed E-state index contributed by atoms with van der Waals surface area (Å²) in [6.07, 6.45) is 0.0372. The van der Waals surface area contributed by atoms with Gasteiger partial charge in [-0.1, -0.05) is 0 Å². The molecule has 0 aliphatic carbocycles. The molecule has 0 aliphatic rings. The Bertz CT molecular complexity index is 960. The van der Waals surface area contributed by atoms with Gasteiger partial charge in [-0.15, -0.1) is 0 Å². The highest BCUT2D eigenvalue weighted by molar-refractivity contribution is 7.92. The second-order valence-electron chi connectivity index (χ2n) is 5.80. The van der Waals surface area contributed by atoms with Gasteiger partial charge in [0.15, 0.2) is 0 Å². The first kappa shape index (κ1) is 16.3. The Morgan fingerprint density at radius 3 is 2.50 bits per heavy atom. The summed E-state index contributed by atoms with van der Waals surface area (Å²) >= 11 is 0. The number of fused-ring (bicyclic) bond motifs is 1. The predicted molar refractivity (Wildman–Crippen MR) is 93.8 cm³/mol. The smallest absolute Gasteiger partial charge is 0.261 e. The number of nitrogens with zero attached hydrogens (tertiary/aromatic N) is 1. The van der Waals surface area contributed by atoms with Crippen LogP contribution in [0.4, 0.5) is 5.69 Å². The number of hydrogen-bond donors (Lipinski definition) is 2. The molecular weight excluding hydrogens is 326 g/mol. The second-order valence-corrected chi connectivity index (χ2v) is 7.48. The summed E-state index contributed by atoms with van der Waals surface area (Å²) in [5.74, 6) is 1.42. The zero-order valence-corrected chi connectivity index (χ0v) is 14.5. The molecule has 3 rings (SSSR count). The molecule has 3 aromatic rings. The van der Waals surface area contributed by atoms with Crippen LogP contribution in [0.5, 0.6) is 5.75 Å². The van der Waals surface area contributed by atoms with Crippen LogP contribution in [0.25, 0.3) is 11.0 Å². The largest absolute Gasteiger partial charge is 0.491 e. The van der Waals surface area contributed by atoms with Crippen molar-refractivity contribution in [1.29, 1.82) is 0 Å². The fourth-order valence-electron chi connectivity index (χ4n) is 2.38. The van der Waals surface area contributed by atoms with Crippen LogP contribution >= 0.6 is 0 Å². The van der Waals surface area contributed by atoms with Crippen molar-refractivity contribution in [2.24, 2.45) is 0 Å². The molecule has 0 aliphatic heterocycles. The lowest BCUT2D eigenvalue weighted by atomic mass is 10.3. The van der Waals surface area contributed by atoms with Gasteiger partial charge < -0.3 is 9.72 Å². The van der Waals surface area contributed by atoms with Crippen LogP contribution in [-0.4, -0.2) is 24.5 Å². The molecule has 2 aromatic carbocycles. The fraction of sp³-hybridized carbons (Fsp3) is 0.235. The van der Waals surface area contributed by atoms with Crippen molar-refractivity contribution in [3.8, 4) is 5.75 Å². The van der Waals surface area contributed by atoms with Crippen molar-refractivity contribution < 1.29 is 13.2 Å². The molecule has 0 fully saturated rings. The van der Waals surface area contributed by atoms with Crippen molar-refractivity contribution in [1.82, 2.24) is 9.97 Å². The van der Waals surface area contributed by atoms with E-state index in [9.17, 15) is 8.42 Å². The van der Waals surface area contributed by atoms with Crippen LogP contribution in [0.2, 0.25) is 0 Å². The van der Waals surface area contributed by atoms with Gasteiger partial charge in [0.25, 0.3) is 10.0 Å². The molecule has 0 spiro atoms. The highest BCUT2D eigenvalue weighted by Crippen LogP contribution is 2.22. The zero-order valence-electron chi connectivity index (χ0n) is 13.7. The Balaban J connectivity index is 1.83. The molecule has 7 heteroatoms. The van der Waals surface area contributed by atoms with Gasteiger partial charge in [-0.3, -0.25) is 4.72 Å². The Morgan fingerprint density at radius 1 is 1.12 bits per heavy atom. The first-order valence-electron chi connectivity index (χ1n) is 7.59. The van der Waals surface area contributed by atoms with Gasteiger partial charge in [0.05, 0.1) is 27.7 Å². The maximum Gasteiger partial charge on any atom is 0.261 e. The lowest BCUT2D eigenvalue weighted by Crippen LogP contribution is -2.13. The number of ether oxygens (including phenoxy) is 1. The van der Waals surface area contributed by atoms with Crippen molar-refractivity contribution in [2.75, 3.05) is 4.72 Å². The van der Waals surface area contributed by atoms with Gasteiger partial charge >= 0.3 is 0 Å². The lowest BCUT2D eigenvalue weighted by Gasteiger charge is -2.11. The topological polar surface area (TPSA) is 84.1 Å². The Hall–Kier alpha value is -2.54. The van der Waals surface area contributed by atoms with E-state index in [0.29, 0.717) is 11.4 Å². The minimum absolute atomic E-state index is 0.0372. The molecule has 6 nitrogen and oxygen atoms in total. The highest BCUT2D eigenvalue weighted by atomic mass is 32.2. The number of sulfonamides is 1. The summed E-state index contributed by atoms with van der Waals surface area (Å²) in [4.78, 5) is 7.56. The second kappa shape index (κ2) is 6.16. The molecule has 2 N–H and O–H groups in total. The number of aromatic amines is 1. The van der Waals surface area contributed by atoms with Gasteiger partial charge in [-0.2, -0.15) is 0 Å². The van der Waals surface area contributed by atoms with Crippen molar-refractivity contribution in [3.05, 3.63) is 48.3 Å². The number of aromatic nitrogens is 2. The van der Waals surface area contributed by atoms with E-state index >= 15 is 0 Å². The van der Waals surface area contributed by atoms with Crippen LogP contribution < -0.4 is 9.46 Å². The van der Waals surface area contributed by atoms with Gasteiger partial charge in [-0.05, 0) is 63.2 Å². The third-order valence-electron chi connectivity index (χ3n) is 3.36. The van der Waals surface area contributed by atoms with Crippen molar-refractivity contribution >= 4 is 26.7 Å². The number of H-pyrrole nitrogens is 1. The summed E-state index contributed by atoms with van der Waals surface area (Å²) in [6.45, 7) is 5.68. The molecular formula is C17H19N3O3S. The number of benzene rings is 2. The maximum atomic E-state index is 12.5. The quantitative estimate of drug-likeness (QED) is 0.742. The summed E-state index contributed by atoms with van der Waals surface area (Å²) < 4.78 is 33.1. The third-order valence-corrected chi connectivity index (χ3v) is 4.76. The molecule has 24 heavy (non-hydrogen) atoms. The Labute approximate surface area is 140 Å². The molecule has 1 heterocycles. The molecule has 0 amide bonds. The lowest BCUT2D eigenvalue weighted by molar-refractivity contribution is 0.242. The molecule has 1 aromatic heterocycles. The molecule has 0 atom stereocenters. The van der Waals surface area contributed by atoms with E-state index < -0.39 is 10.0 Å². The zero-order chi connectivity index (χ0) is 17.3. The first-order valence-corrected chi connectivity index (χ1v) is 9.08. The molecule has 0 saturated carbocycles. The first-order chi connectivity index (χ1) is 11.3. The van der Waals surface area contributed by atoms with Gasteiger partial charge in [0.2, 0.25) is 0 Å². The monoisotopic (exact) mass is 345 g/mol. The SMILES string of the molecule is Cc1nc2ccc(NS(=O)(=O)c3ccc(OC(C)C)cc3)cc2[nH]1. The van der Waals surface area contributed by atoms with Crippen molar-refractivity contribution in [3.63, 3.8) is 0 Å². The Morgan fingerprint density at radius 2 is 1.83 bits per heavy atom. The number of imidazole rings is 1. The van der Waals surface area contributed by atoms with Crippen LogP contribution in [0, 0.1) is 6.92 Å². The third kappa shape index (κ3) is 3.51. The molecule has 0 radical (unpaired) electrons. The number of rotatable bonds is 5. The normalized spacial score (nSPS) is 11.8. The van der Waals surface area contributed by atoms with Crippen LogP contribution in [0.3, 0.4) is 0 Å². The minimum Gasteiger partial charge on any atom is -0.491 e. The predicted octanol–water partition coefficient (Wildman–Crippen LogP) is 3.46. The fourth-order valence-corrected chi connectivity index (χ4v) is 3.43. The van der Waals surface area contributed by atoms with E-state index in [4.69, 9.17) is 4.74 Å². The number of aryl methyl sites for hydroxylation is 1. The highest BCUT2D eigenvalue weighted by Gasteiger charge is 2.15. The summed E-state index contributed by atoms with van der Waals surface area (Å²) in [6, 6.07) is 11.5. The van der Waals surface area contributed by atoms with E-state index in [-0.39, 0.29) is 11.0 Å². The van der Waals surface area contributed by atoms with Crippen molar-refractivity contribution in [2.45, 2.75) is 31.8 Å². The molecule has 0 unspecified atom stereocenters. The van der Waals surface area contributed by atoms with E-state index in [1.165, 1.54) is 12.1 Å². The van der Waals surface area contributed by atoms with Gasteiger partial charge in [-0.25, -0.2) is 13.4 Å². The maximum absolute atomic E-state index is 12.5. The number of anilines is 1. The summed E-state index contributed by atoms with van der Waals surface area (Å²) in [5, 5.41) is 0. The standard InChI is InChI=1S/C17H19N3O3S/c1-11(2)23-14-5-7-15(8-6-14)24(21,22)20-13-4-9-16-17(10-13)19-12(3)18-16/h4-11,20H,1-3H3,(H,18,19). The minimum atomic E-state index is -3.66. The summed E-state index contributed by atoms with van der Waals surface area (Å²) in [5.41, 5.74) is 2.06. The molecule has 0 bridgehead atoms. The average Bonchev–Trinajstić information content (AvgIpc) is 2.86. The average molecular weight is 345 g/mol. The summed E-state index contributed by atoms with van der Waals surface area (Å²) in [7, 11) is -3.66. The van der Waals surface area contributed by atoms with E-state index in [2.05, 4.69) is 14.7 Å². The number of nitrogens with one attached hydrogen (secondary N) is 2. The van der Waals surface area contributed by atoms with E-state index in [1.54, 1.807) is 30.3 Å². The van der Waals surface area contributed by atoms with Crippen LogP contribution in [0.15, 0.2) is 47.4 Å². The molecule has 0 saturated heterocycles. The van der Waals surface area contributed by atoms with Gasteiger partial charge in [0, 0.05) is 0 Å².